The fourth-order valence-corrected chi connectivity index (χ4v) is 10.2. The highest BCUT2D eigenvalue weighted by Crippen LogP contribution is 2.42. The van der Waals surface area contributed by atoms with Gasteiger partial charge in [0.1, 0.15) is 11.2 Å². The lowest BCUT2D eigenvalue weighted by Gasteiger charge is -2.26. The molecule has 0 unspecified atom stereocenters. The maximum absolute atomic E-state index is 6.46. The second-order valence-electron chi connectivity index (χ2n) is 17.7. The summed E-state index contributed by atoms with van der Waals surface area (Å²) >= 11 is 0. The summed E-state index contributed by atoms with van der Waals surface area (Å²) < 4.78 is 8.84. The van der Waals surface area contributed by atoms with Crippen molar-refractivity contribution >= 4 is 60.8 Å². The Hall–Kier alpha value is -9.18. The van der Waals surface area contributed by atoms with Crippen LogP contribution in [0, 0.1) is 0 Å². The maximum Gasteiger partial charge on any atom is 0.143 e. The quantitative estimate of drug-likeness (QED) is 0.144. The smallest absolute Gasteiger partial charge is 0.143 e. The van der Waals surface area contributed by atoms with Gasteiger partial charge in [-0.3, -0.25) is 0 Å². The molecule has 0 atom stereocenters. The molecule has 3 nitrogen and oxygen atoms in total. The van der Waals surface area contributed by atoms with E-state index in [1.807, 2.05) is 12.1 Å². The van der Waals surface area contributed by atoms with Gasteiger partial charge in [0.05, 0.1) is 11.0 Å². The summed E-state index contributed by atoms with van der Waals surface area (Å²) in [5, 5.41) is 4.72. The Balaban J connectivity index is 0.883. The molecule has 69 heavy (non-hydrogen) atoms. The summed E-state index contributed by atoms with van der Waals surface area (Å²) in [6.45, 7) is 0. The summed E-state index contributed by atoms with van der Waals surface area (Å²) in [5.41, 5.74) is 20.2. The average Bonchev–Trinajstić information content (AvgIpc) is 3.98. The van der Waals surface area contributed by atoms with E-state index in [0.29, 0.717) is 0 Å². The van der Waals surface area contributed by atoms with E-state index in [-0.39, 0.29) is 0 Å². The molecule has 0 aliphatic rings. The van der Waals surface area contributed by atoms with Crippen LogP contribution in [0.4, 0.5) is 17.1 Å². The summed E-state index contributed by atoms with van der Waals surface area (Å²) in [4.78, 5) is 2.35. The van der Waals surface area contributed by atoms with E-state index in [1.54, 1.807) is 0 Å². The predicted molar refractivity (Wildman–Crippen MR) is 290 cm³/mol. The molecule has 0 aliphatic carbocycles. The number of fused-ring (bicyclic) bond motifs is 6. The van der Waals surface area contributed by atoms with E-state index in [9.17, 15) is 0 Å². The molecule has 11 aromatic carbocycles. The van der Waals surface area contributed by atoms with Crippen LogP contribution >= 0.6 is 0 Å². The van der Waals surface area contributed by atoms with Gasteiger partial charge in [-0.05, 0) is 129 Å². The first-order chi connectivity index (χ1) is 34.2. The van der Waals surface area contributed by atoms with Gasteiger partial charge in [0, 0.05) is 49.9 Å². The Morgan fingerprint density at radius 3 is 1.20 bits per heavy atom. The van der Waals surface area contributed by atoms with Crippen molar-refractivity contribution in [1.29, 1.82) is 0 Å². The largest absolute Gasteiger partial charge is 0.455 e. The molecule has 0 radical (unpaired) electrons. The van der Waals surface area contributed by atoms with Crippen molar-refractivity contribution in [2.45, 2.75) is 0 Å². The molecular formula is C66H44N2O. The molecule has 2 heterocycles. The van der Waals surface area contributed by atoms with E-state index in [1.165, 1.54) is 60.8 Å². The number of aromatic nitrogens is 1. The number of hydrogen-bond acceptors (Lipinski definition) is 2. The monoisotopic (exact) mass is 880 g/mol. The van der Waals surface area contributed by atoms with E-state index in [4.69, 9.17) is 4.42 Å². The summed E-state index contributed by atoms with van der Waals surface area (Å²) in [6, 6.07) is 96.0. The molecule has 0 fully saturated rings. The van der Waals surface area contributed by atoms with Crippen LogP contribution in [-0.4, -0.2) is 4.57 Å². The van der Waals surface area contributed by atoms with E-state index < -0.39 is 0 Å². The molecule has 0 bridgehead atoms. The highest BCUT2D eigenvalue weighted by atomic mass is 16.3. The topological polar surface area (TPSA) is 21.3 Å². The standard InChI is InChI=1S/C66H44N2O/c1-4-13-45(14-5-1)47-23-25-48(26-24-47)49-27-35-55(36-28-49)67(57-39-31-51(32-40-57)58-20-12-21-60-59-19-10-11-22-65(59)69-66(58)60)56-37-29-50(30-38-56)53-34-42-64-62(44-53)61-43-52(46-15-6-2-7-16-46)33-41-63(61)68(64)54-17-8-3-9-18-54/h1-44H. The van der Waals surface area contributed by atoms with Crippen molar-refractivity contribution in [2.24, 2.45) is 0 Å². The number of hydrogen-bond donors (Lipinski definition) is 0. The summed E-state index contributed by atoms with van der Waals surface area (Å²) in [6.07, 6.45) is 0. The zero-order valence-electron chi connectivity index (χ0n) is 37.7. The van der Waals surface area contributed by atoms with Crippen molar-refractivity contribution in [3.8, 4) is 61.3 Å². The highest BCUT2D eigenvalue weighted by molar-refractivity contribution is 6.12. The van der Waals surface area contributed by atoms with Crippen LogP contribution in [0.2, 0.25) is 0 Å². The Bertz CT molecular complexity index is 3950. The van der Waals surface area contributed by atoms with Crippen molar-refractivity contribution in [3.05, 3.63) is 267 Å². The third kappa shape index (κ3) is 7.25. The van der Waals surface area contributed by atoms with Crippen LogP contribution in [0.5, 0.6) is 0 Å². The Labute approximate surface area is 401 Å². The highest BCUT2D eigenvalue weighted by Gasteiger charge is 2.18. The number of benzene rings is 11. The lowest BCUT2D eigenvalue weighted by Crippen LogP contribution is -2.09. The lowest BCUT2D eigenvalue weighted by atomic mass is 9.99. The fraction of sp³-hybridized carbons (Fsp3) is 0. The minimum atomic E-state index is 0.901. The first-order valence-electron chi connectivity index (χ1n) is 23.6. The molecule has 324 valence electrons. The number of para-hydroxylation sites is 3. The first kappa shape index (κ1) is 40.1. The molecule has 2 aromatic heterocycles. The van der Waals surface area contributed by atoms with Crippen molar-refractivity contribution in [1.82, 2.24) is 4.57 Å². The van der Waals surface area contributed by atoms with Gasteiger partial charge in [0.15, 0.2) is 0 Å². The van der Waals surface area contributed by atoms with Gasteiger partial charge in [-0.25, -0.2) is 0 Å². The van der Waals surface area contributed by atoms with Gasteiger partial charge >= 0.3 is 0 Å². The van der Waals surface area contributed by atoms with Gasteiger partial charge in [0.2, 0.25) is 0 Å². The molecule has 0 amide bonds. The van der Waals surface area contributed by atoms with Crippen LogP contribution in [-0.2, 0) is 0 Å². The van der Waals surface area contributed by atoms with Gasteiger partial charge in [0.25, 0.3) is 0 Å². The van der Waals surface area contributed by atoms with Crippen LogP contribution in [0.1, 0.15) is 0 Å². The number of nitrogens with zero attached hydrogens (tertiary/aromatic N) is 2. The first-order valence-corrected chi connectivity index (χ1v) is 23.6. The van der Waals surface area contributed by atoms with Crippen LogP contribution in [0.3, 0.4) is 0 Å². The second kappa shape index (κ2) is 16.9. The zero-order valence-corrected chi connectivity index (χ0v) is 37.7. The van der Waals surface area contributed by atoms with Crippen molar-refractivity contribution in [2.75, 3.05) is 4.90 Å². The van der Waals surface area contributed by atoms with Crippen molar-refractivity contribution < 1.29 is 4.42 Å². The normalized spacial score (nSPS) is 11.5. The molecule has 0 N–H and O–H groups in total. The maximum atomic E-state index is 6.46. The van der Waals surface area contributed by atoms with E-state index in [0.717, 1.165) is 61.4 Å². The molecule has 0 saturated carbocycles. The molecule has 3 heteroatoms. The zero-order chi connectivity index (χ0) is 45.7. The molecule has 0 spiro atoms. The third-order valence-electron chi connectivity index (χ3n) is 13.6. The molecule has 0 aliphatic heterocycles. The average molecular weight is 881 g/mol. The van der Waals surface area contributed by atoms with Crippen LogP contribution < -0.4 is 4.90 Å². The molecular weight excluding hydrogens is 837 g/mol. The molecule has 13 aromatic rings. The number of anilines is 3. The molecule has 0 saturated heterocycles. The number of furan rings is 1. The minimum Gasteiger partial charge on any atom is -0.455 e. The van der Waals surface area contributed by atoms with E-state index >= 15 is 0 Å². The summed E-state index contributed by atoms with van der Waals surface area (Å²) in [7, 11) is 0. The van der Waals surface area contributed by atoms with Gasteiger partial charge in [-0.1, -0.05) is 188 Å². The second-order valence-corrected chi connectivity index (χ2v) is 17.7. The van der Waals surface area contributed by atoms with Gasteiger partial charge in [-0.15, -0.1) is 0 Å². The van der Waals surface area contributed by atoms with Crippen LogP contribution in [0.25, 0.3) is 105 Å². The molecule has 13 rings (SSSR count). The van der Waals surface area contributed by atoms with Crippen molar-refractivity contribution in [3.63, 3.8) is 0 Å². The number of rotatable bonds is 9. The lowest BCUT2D eigenvalue weighted by molar-refractivity contribution is 0.670. The Kier molecular flexibility index (Phi) is 9.84. The van der Waals surface area contributed by atoms with E-state index in [2.05, 4.69) is 264 Å². The van der Waals surface area contributed by atoms with Crippen LogP contribution in [0.15, 0.2) is 271 Å². The van der Waals surface area contributed by atoms with Gasteiger partial charge in [-0.2, -0.15) is 0 Å². The summed E-state index contributed by atoms with van der Waals surface area (Å²) in [5.74, 6) is 0. The Morgan fingerprint density at radius 2 is 0.667 bits per heavy atom. The minimum absolute atomic E-state index is 0.901. The Morgan fingerprint density at radius 1 is 0.275 bits per heavy atom. The van der Waals surface area contributed by atoms with Gasteiger partial charge < -0.3 is 13.9 Å². The SMILES string of the molecule is c1ccc(-c2ccc(-c3ccc(N(c4ccc(-c5ccc6c(c5)c5cc(-c7ccccc7)ccc5n6-c5ccccc5)cc4)c4ccc(-c5cccc6c5oc5ccccc56)cc4)cc3)cc2)cc1. The third-order valence-corrected chi connectivity index (χ3v) is 13.6. The fourth-order valence-electron chi connectivity index (χ4n) is 10.2. The predicted octanol–water partition coefficient (Wildman–Crippen LogP) is 18.5.